The molecule has 50 heavy (non-hydrogen) atoms. The van der Waals surface area contributed by atoms with Gasteiger partial charge in [0.2, 0.25) is 0 Å². The van der Waals surface area contributed by atoms with Crippen LogP contribution in [-0.4, -0.2) is 52.8 Å². The molecule has 9 nitrogen and oxygen atoms in total. The van der Waals surface area contributed by atoms with Crippen molar-refractivity contribution in [1.82, 2.24) is 10.2 Å². The molecule has 0 bridgehead atoms. The van der Waals surface area contributed by atoms with Gasteiger partial charge in [0.15, 0.2) is 0 Å². The summed E-state index contributed by atoms with van der Waals surface area (Å²) in [7, 11) is 0. The second kappa shape index (κ2) is 17.2. The number of nitrogens with one attached hydrogen (secondary N) is 1. The number of hydrogen-bond donors (Lipinski definition) is 1. The Morgan fingerprint density at radius 2 is 1.52 bits per heavy atom. The summed E-state index contributed by atoms with van der Waals surface area (Å²) >= 11 is 0. The summed E-state index contributed by atoms with van der Waals surface area (Å²) in [4.78, 5) is 37.6. The average molecular weight is 717 g/mol. The van der Waals surface area contributed by atoms with Crippen molar-refractivity contribution >= 4 is 29.4 Å². The molecule has 1 saturated heterocycles. The van der Waals surface area contributed by atoms with E-state index in [1.54, 1.807) is 57.2 Å². The van der Waals surface area contributed by atoms with Crippen LogP contribution in [-0.2, 0) is 32.6 Å². The van der Waals surface area contributed by atoms with Gasteiger partial charge in [0.25, 0.3) is 0 Å². The molecule has 1 aliphatic rings. The van der Waals surface area contributed by atoms with E-state index < -0.39 is 29.7 Å². The Labute approximate surface area is 304 Å². The predicted octanol–water partition coefficient (Wildman–Crippen LogP) is 5.27. The maximum atomic E-state index is 13.8. The number of benzene rings is 4. The van der Waals surface area contributed by atoms with Crippen molar-refractivity contribution in [1.29, 1.82) is 0 Å². The summed E-state index contributed by atoms with van der Waals surface area (Å²) in [5.41, 5.74) is 3.51. The molecular weight excluding hydrogens is 675 g/mol. The number of amides is 1. The zero-order valence-corrected chi connectivity index (χ0v) is 29.6. The van der Waals surface area contributed by atoms with E-state index in [9.17, 15) is 19.8 Å². The van der Waals surface area contributed by atoms with E-state index in [1.807, 2.05) is 79.7 Å². The van der Waals surface area contributed by atoms with Gasteiger partial charge in [-0.3, -0.25) is 14.9 Å². The fourth-order valence-corrected chi connectivity index (χ4v) is 5.93. The average Bonchev–Trinajstić information content (AvgIpc) is 3.53. The van der Waals surface area contributed by atoms with Crippen LogP contribution in [0.4, 0.5) is 10.5 Å². The topological polar surface area (TPSA) is 129 Å². The van der Waals surface area contributed by atoms with Crippen molar-refractivity contribution in [2.75, 3.05) is 6.54 Å². The molecule has 0 unspecified atom stereocenters. The molecule has 0 radical (unpaired) electrons. The van der Waals surface area contributed by atoms with E-state index in [1.165, 1.54) is 0 Å². The maximum absolute atomic E-state index is 13.8. The van der Waals surface area contributed by atoms with Gasteiger partial charge in [-0.25, -0.2) is 4.79 Å². The number of carboxylic acid groups (broad SMARTS) is 1. The molecule has 1 fully saturated rings. The van der Waals surface area contributed by atoms with Gasteiger partial charge in [-0.15, -0.1) is 0 Å². The SMILES string of the molecule is Cc1ccc([C@H](NC(=O)OC(C)(C)C)[C@@H](N=C(c2ccccc2)c2ccccc2N=C([O-])[C@H]2CCCN2Cc2ccccc2)C(=O)[O-])cc1.[Ni+2]. The van der Waals surface area contributed by atoms with Crippen molar-refractivity contribution in [2.45, 2.75) is 70.8 Å². The first-order chi connectivity index (χ1) is 23.5. The molecule has 1 N–H and O–H groups in total. The fourth-order valence-electron chi connectivity index (χ4n) is 5.93. The van der Waals surface area contributed by atoms with Crippen molar-refractivity contribution in [3.63, 3.8) is 0 Å². The number of likely N-dealkylation sites (tertiary alicyclic amines) is 1. The zero-order valence-electron chi connectivity index (χ0n) is 28.7. The first-order valence-corrected chi connectivity index (χ1v) is 16.5. The maximum Gasteiger partial charge on any atom is 2.00 e. The Balaban J connectivity index is 0.00000562. The number of alkyl carbamates (subject to hydrolysis) is 1. The smallest absolute Gasteiger partial charge is 0.861 e. The molecule has 1 aliphatic heterocycles. The number of ether oxygens (including phenoxy) is 1. The normalized spacial score (nSPS) is 16.6. The molecule has 10 heteroatoms. The molecule has 3 atom stereocenters. The zero-order chi connectivity index (χ0) is 35.0. The summed E-state index contributed by atoms with van der Waals surface area (Å²) in [6.45, 7) is 8.52. The van der Waals surface area contributed by atoms with Crippen molar-refractivity contribution in [3.8, 4) is 0 Å². The summed E-state index contributed by atoms with van der Waals surface area (Å²) in [6.07, 6.45) is 0.784. The van der Waals surface area contributed by atoms with Crippen LogP contribution in [0.5, 0.6) is 0 Å². The van der Waals surface area contributed by atoms with Gasteiger partial charge in [-0.05, 0) is 70.2 Å². The number of carbonyl (C=O) groups is 2. The van der Waals surface area contributed by atoms with Gasteiger partial charge in [0, 0.05) is 23.7 Å². The van der Waals surface area contributed by atoms with Crippen LogP contribution in [0.15, 0.2) is 119 Å². The monoisotopic (exact) mass is 716 g/mol. The van der Waals surface area contributed by atoms with Gasteiger partial charge >= 0.3 is 22.6 Å². The van der Waals surface area contributed by atoms with Gasteiger partial charge in [-0.1, -0.05) is 109 Å². The van der Waals surface area contributed by atoms with E-state index >= 15 is 0 Å². The standard InChI is InChI=1S/C40H44N4O5.Ni/c1-27-21-23-30(24-22-27)35(43-39(48)49-40(2,3)4)36(38(46)47)42-34(29-16-9-6-10-17-29)31-18-11-12-19-32(31)41-37(45)33-20-13-25-44(33)26-28-14-7-5-8-15-28;/h5-12,14-19,21-24,33,35-36H,13,20,25-26H2,1-4H3,(H,41,45)(H,43,48)(H,46,47);/q;+2/p-2/t33-,35+,36-;/m1./s1. The third-order valence-corrected chi connectivity index (χ3v) is 8.25. The van der Waals surface area contributed by atoms with E-state index in [0.29, 0.717) is 35.3 Å². The summed E-state index contributed by atoms with van der Waals surface area (Å²) in [5, 5.41) is 29.5. The second-order valence-corrected chi connectivity index (χ2v) is 13.2. The van der Waals surface area contributed by atoms with Crippen molar-refractivity contribution < 1.29 is 41.0 Å². The Bertz CT molecular complexity index is 1790. The Morgan fingerprint density at radius 3 is 2.16 bits per heavy atom. The Morgan fingerprint density at radius 1 is 0.900 bits per heavy atom. The minimum atomic E-state index is -1.58. The van der Waals surface area contributed by atoms with Gasteiger partial charge < -0.3 is 25.1 Å². The minimum absolute atomic E-state index is 0. The van der Waals surface area contributed by atoms with Crippen LogP contribution in [0.2, 0.25) is 0 Å². The van der Waals surface area contributed by atoms with Crippen LogP contribution in [0, 0.1) is 6.92 Å². The van der Waals surface area contributed by atoms with Crippen molar-refractivity contribution in [2.24, 2.45) is 9.98 Å². The largest absolute Gasteiger partial charge is 2.00 e. The number of rotatable bonds is 11. The molecule has 262 valence electrons. The molecular formula is C40H42N4NiO5. The molecule has 1 amide bonds. The number of aliphatic imine (C=N–C) groups is 2. The number of aliphatic carboxylic acids is 1. The third-order valence-electron chi connectivity index (χ3n) is 8.25. The molecule has 0 aromatic heterocycles. The Kier molecular flexibility index (Phi) is 13.1. The van der Waals surface area contributed by atoms with Gasteiger partial charge in [-0.2, -0.15) is 0 Å². The van der Waals surface area contributed by atoms with E-state index in [4.69, 9.17) is 9.73 Å². The quantitative estimate of drug-likeness (QED) is 0.128. The summed E-state index contributed by atoms with van der Waals surface area (Å²) < 4.78 is 5.51. The number of para-hydroxylation sites is 1. The van der Waals surface area contributed by atoms with E-state index in [2.05, 4.69) is 15.2 Å². The van der Waals surface area contributed by atoms with Crippen LogP contribution in [0.1, 0.15) is 67.5 Å². The van der Waals surface area contributed by atoms with Crippen LogP contribution >= 0.6 is 0 Å². The summed E-state index contributed by atoms with van der Waals surface area (Å²) in [6, 6.07) is 30.3. The molecule has 0 spiro atoms. The fraction of sp³-hybridized carbons (Fsp3) is 0.300. The number of hydrogen-bond acceptors (Lipinski definition) is 8. The molecule has 0 aliphatic carbocycles. The minimum Gasteiger partial charge on any atom is -0.861 e. The van der Waals surface area contributed by atoms with Gasteiger partial charge in [0.05, 0.1) is 23.4 Å². The van der Waals surface area contributed by atoms with E-state index in [-0.39, 0.29) is 34.1 Å². The van der Waals surface area contributed by atoms with E-state index in [0.717, 1.165) is 24.1 Å². The number of carboxylic acids is 1. The van der Waals surface area contributed by atoms with Gasteiger partial charge in [0.1, 0.15) is 11.6 Å². The summed E-state index contributed by atoms with van der Waals surface area (Å²) in [5.74, 6) is -1.77. The molecule has 1 heterocycles. The van der Waals surface area contributed by atoms with Crippen LogP contribution in [0.25, 0.3) is 0 Å². The predicted molar refractivity (Wildman–Crippen MR) is 188 cm³/mol. The Hall–Kier alpha value is -4.79. The number of nitrogens with zero attached hydrogens (tertiary/aromatic N) is 3. The molecule has 4 aromatic rings. The second-order valence-electron chi connectivity index (χ2n) is 13.2. The molecule has 5 rings (SSSR count). The van der Waals surface area contributed by atoms with Crippen LogP contribution in [0.3, 0.4) is 0 Å². The first-order valence-electron chi connectivity index (χ1n) is 16.5. The number of aryl methyl sites for hydroxylation is 1. The first kappa shape index (κ1) is 38.0. The number of carbonyl (C=O) groups excluding carboxylic acids is 2. The van der Waals surface area contributed by atoms with Crippen molar-refractivity contribution in [3.05, 3.63) is 137 Å². The third kappa shape index (κ3) is 10.1. The molecule has 4 aromatic carbocycles. The molecule has 0 saturated carbocycles. The van der Waals surface area contributed by atoms with Crippen LogP contribution < -0.4 is 15.5 Å².